The number of halogens is 2. The molecule has 0 amide bonds. The monoisotopic (exact) mass is 559 g/mol. The second-order valence-electron chi connectivity index (χ2n) is 9.54. The molecule has 0 radical (unpaired) electrons. The number of hydrogen-bond acceptors (Lipinski definition) is 6. The molecule has 2 aromatic heterocycles. The number of ether oxygens (including phenoxy) is 1. The van der Waals surface area contributed by atoms with E-state index in [4.69, 9.17) is 4.74 Å². The first kappa shape index (κ1) is 28.7. The quantitative estimate of drug-likeness (QED) is 0.408. The predicted octanol–water partition coefficient (Wildman–Crippen LogP) is 3.54. The van der Waals surface area contributed by atoms with Crippen LogP contribution in [0.5, 0.6) is 5.75 Å². The Kier molecular flexibility index (Phi) is 10.1. The Morgan fingerprint density at radius 3 is 2.50 bits per heavy atom. The zero-order valence-electron chi connectivity index (χ0n) is 20.3. The molecule has 2 aliphatic rings. The largest absolute Gasteiger partial charge is 0.494 e. The lowest BCUT2D eigenvalue weighted by molar-refractivity contribution is 0.149. The fourth-order valence-electron chi connectivity index (χ4n) is 5.18. The molecule has 1 saturated carbocycles. The molecule has 1 aromatic carbocycles. The van der Waals surface area contributed by atoms with Gasteiger partial charge in [-0.15, -0.1) is 24.8 Å². The van der Waals surface area contributed by atoms with Gasteiger partial charge in [-0.1, -0.05) is 19.3 Å². The normalized spacial score (nSPS) is 18.1. The van der Waals surface area contributed by atoms with E-state index in [9.17, 15) is 13.2 Å². The van der Waals surface area contributed by atoms with Crippen molar-refractivity contribution in [3.63, 3.8) is 0 Å². The SMILES string of the molecule is Cl.Cl.O=c1[nH]c2cc3cc(OCCCS(=O)(=O)N4CCN(CC5CCCCC5)CC4)ccc3nc2[nH]1. The molecular formula is C24H35Cl2N5O4S. The Hall–Kier alpha value is -1.85. The first-order valence-corrected chi connectivity index (χ1v) is 13.9. The average Bonchev–Trinajstić information content (AvgIpc) is 3.20. The third kappa shape index (κ3) is 6.92. The van der Waals surface area contributed by atoms with E-state index in [2.05, 4.69) is 19.9 Å². The van der Waals surface area contributed by atoms with Crippen LogP contribution in [0.25, 0.3) is 22.1 Å². The smallest absolute Gasteiger partial charge is 0.325 e. The van der Waals surface area contributed by atoms with Crippen LogP contribution in [-0.2, 0) is 10.0 Å². The number of rotatable bonds is 8. The summed E-state index contributed by atoms with van der Waals surface area (Å²) in [4.78, 5) is 23.7. The van der Waals surface area contributed by atoms with Crippen molar-refractivity contribution in [2.24, 2.45) is 5.92 Å². The van der Waals surface area contributed by atoms with Crippen LogP contribution in [0.2, 0.25) is 0 Å². The Balaban J connectivity index is 0.00000180. The van der Waals surface area contributed by atoms with E-state index in [0.29, 0.717) is 43.0 Å². The Labute approximate surface area is 223 Å². The van der Waals surface area contributed by atoms with Crippen molar-refractivity contribution in [2.45, 2.75) is 38.5 Å². The van der Waals surface area contributed by atoms with E-state index in [1.165, 1.54) is 32.1 Å². The van der Waals surface area contributed by atoms with E-state index in [1.54, 1.807) is 4.31 Å². The van der Waals surface area contributed by atoms with E-state index in [0.717, 1.165) is 36.5 Å². The van der Waals surface area contributed by atoms with Crippen LogP contribution in [-0.4, -0.2) is 77.7 Å². The molecule has 1 aliphatic heterocycles. The van der Waals surface area contributed by atoms with Crippen molar-refractivity contribution in [2.75, 3.05) is 45.1 Å². The molecule has 0 atom stereocenters. The summed E-state index contributed by atoms with van der Waals surface area (Å²) in [7, 11) is -3.27. The Bertz CT molecular complexity index is 1300. The number of nitrogens with one attached hydrogen (secondary N) is 2. The van der Waals surface area contributed by atoms with E-state index in [1.807, 2.05) is 24.3 Å². The molecule has 1 saturated heterocycles. The number of hydrogen-bond donors (Lipinski definition) is 2. The highest BCUT2D eigenvalue weighted by molar-refractivity contribution is 7.89. The lowest BCUT2D eigenvalue weighted by Gasteiger charge is -2.36. The number of sulfonamides is 1. The number of nitrogens with zero attached hydrogens (tertiary/aromatic N) is 3. The molecule has 200 valence electrons. The molecule has 2 N–H and O–H groups in total. The maximum Gasteiger partial charge on any atom is 0.325 e. The van der Waals surface area contributed by atoms with Gasteiger partial charge in [0.25, 0.3) is 0 Å². The van der Waals surface area contributed by atoms with Crippen LogP contribution in [0.15, 0.2) is 29.1 Å². The summed E-state index contributed by atoms with van der Waals surface area (Å²) >= 11 is 0. The van der Waals surface area contributed by atoms with Crippen LogP contribution < -0.4 is 10.4 Å². The molecule has 2 fully saturated rings. The van der Waals surface area contributed by atoms with Crippen LogP contribution in [0.4, 0.5) is 0 Å². The molecule has 9 nitrogen and oxygen atoms in total. The number of benzene rings is 1. The summed E-state index contributed by atoms with van der Waals surface area (Å²) in [5.41, 5.74) is 1.62. The maximum atomic E-state index is 12.8. The minimum atomic E-state index is -3.27. The fourth-order valence-corrected chi connectivity index (χ4v) is 6.64. The molecular weight excluding hydrogens is 525 g/mol. The molecule has 3 aromatic rings. The molecule has 0 spiro atoms. The van der Waals surface area contributed by atoms with Gasteiger partial charge in [-0.25, -0.2) is 18.2 Å². The van der Waals surface area contributed by atoms with Crippen molar-refractivity contribution >= 4 is 56.9 Å². The summed E-state index contributed by atoms with van der Waals surface area (Å²) < 4.78 is 33.1. The molecule has 5 rings (SSSR count). The van der Waals surface area contributed by atoms with Crippen molar-refractivity contribution in [1.29, 1.82) is 0 Å². The van der Waals surface area contributed by atoms with Crippen molar-refractivity contribution in [3.8, 4) is 5.75 Å². The lowest BCUT2D eigenvalue weighted by atomic mass is 9.89. The molecule has 12 heteroatoms. The Morgan fingerprint density at radius 1 is 1.00 bits per heavy atom. The molecule has 0 unspecified atom stereocenters. The minimum absolute atomic E-state index is 0. The van der Waals surface area contributed by atoms with Gasteiger partial charge in [-0.2, -0.15) is 4.31 Å². The summed E-state index contributed by atoms with van der Waals surface area (Å²) in [5, 5.41) is 0.846. The van der Waals surface area contributed by atoms with E-state index >= 15 is 0 Å². The minimum Gasteiger partial charge on any atom is -0.494 e. The van der Waals surface area contributed by atoms with Gasteiger partial charge in [-0.3, -0.25) is 4.98 Å². The Morgan fingerprint density at radius 2 is 1.75 bits per heavy atom. The van der Waals surface area contributed by atoms with Gasteiger partial charge in [0.1, 0.15) is 5.75 Å². The highest BCUT2D eigenvalue weighted by atomic mass is 35.5. The number of aromatic nitrogens is 3. The second kappa shape index (κ2) is 12.6. The van der Waals surface area contributed by atoms with Gasteiger partial charge >= 0.3 is 5.69 Å². The zero-order chi connectivity index (χ0) is 23.5. The van der Waals surface area contributed by atoms with E-state index in [-0.39, 0.29) is 36.3 Å². The standard InChI is InChI=1S/C24H33N5O4S.2ClH/c30-24-26-22-16-19-15-20(7-8-21(19)25-23(22)27-24)33-13-4-14-34(31,32)29-11-9-28(10-12-29)17-18-5-2-1-3-6-18;;/h7-8,15-16,18H,1-6,9-14,17H2,(H2,25,26,27,30);2*1H. The first-order chi connectivity index (χ1) is 16.5. The number of imidazole rings is 1. The number of aromatic amines is 2. The van der Waals surface area contributed by atoms with Gasteiger partial charge < -0.3 is 14.6 Å². The van der Waals surface area contributed by atoms with Crippen LogP contribution in [0.1, 0.15) is 38.5 Å². The van der Waals surface area contributed by atoms with Gasteiger partial charge in [0.2, 0.25) is 10.0 Å². The van der Waals surface area contributed by atoms with Gasteiger partial charge in [-0.05, 0) is 49.4 Å². The van der Waals surface area contributed by atoms with Crippen molar-refractivity contribution < 1.29 is 13.2 Å². The summed E-state index contributed by atoms with van der Waals surface area (Å²) in [6, 6.07) is 7.35. The van der Waals surface area contributed by atoms with Crippen molar-refractivity contribution in [3.05, 3.63) is 34.7 Å². The third-order valence-corrected chi connectivity index (χ3v) is 9.00. The predicted molar refractivity (Wildman–Crippen MR) is 147 cm³/mol. The zero-order valence-corrected chi connectivity index (χ0v) is 22.7. The summed E-state index contributed by atoms with van der Waals surface area (Å²) in [6.07, 6.45) is 7.13. The summed E-state index contributed by atoms with van der Waals surface area (Å²) in [5.74, 6) is 1.53. The topological polar surface area (TPSA) is 111 Å². The third-order valence-electron chi connectivity index (χ3n) is 7.05. The van der Waals surface area contributed by atoms with Crippen LogP contribution >= 0.6 is 24.8 Å². The van der Waals surface area contributed by atoms with Gasteiger partial charge in [0, 0.05) is 38.1 Å². The average molecular weight is 561 g/mol. The highest BCUT2D eigenvalue weighted by Crippen LogP contribution is 2.25. The van der Waals surface area contributed by atoms with Crippen molar-refractivity contribution in [1.82, 2.24) is 24.2 Å². The van der Waals surface area contributed by atoms with Gasteiger partial charge in [0.05, 0.1) is 23.4 Å². The number of fused-ring (bicyclic) bond motifs is 2. The van der Waals surface area contributed by atoms with E-state index < -0.39 is 10.0 Å². The van der Waals surface area contributed by atoms with Crippen LogP contribution in [0.3, 0.4) is 0 Å². The second-order valence-corrected chi connectivity index (χ2v) is 11.6. The lowest BCUT2D eigenvalue weighted by Crippen LogP contribution is -2.50. The molecule has 36 heavy (non-hydrogen) atoms. The molecule has 1 aliphatic carbocycles. The first-order valence-electron chi connectivity index (χ1n) is 12.3. The molecule has 0 bridgehead atoms. The van der Waals surface area contributed by atoms with Gasteiger partial charge in [0.15, 0.2) is 5.65 Å². The number of piperazine rings is 1. The highest BCUT2D eigenvalue weighted by Gasteiger charge is 2.28. The molecule has 3 heterocycles. The number of H-pyrrole nitrogens is 2. The fraction of sp³-hybridized carbons (Fsp3) is 0.583. The summed E-state index contributed by atoms with van der Waals surface area (Å²) in [6.45, 7) is 4.28. The maximum absolute atomic E-state index is 12.8. The number of pyridine rings is 1. The van der Waals surface area contributed by atoms with Crippen LogP contribution in [0, 0.1) is 5.92 Å².